The third kappa shape index (κ3) is 3.91. The van der Waals surface area contributed by atoms with Crippen molar-refractivity contribution in [2.24, 2.45) is 5.14 Å². The average molecular weight is 389 g/mol. The molecule has 28 heavy (non-hydrogen) atoms. The van der Waals surface area contributed by atoms with E-state index in [1.807, 2.05) is 66.7 Å². The third-order valence-electron chi connectivity index (χ3n) is 4.58. The minimum Gasteiger partial charge on any atom is -0.456 e. The first-order valence-corrected chi connectivity index (χ1v) is 10.4. The molecule has 0 bridgehead atoms. The van der Waals surface area contributed by atoms with Crippen molar-refractivity contribution in [1.29, 1.82) is 0 Å². The summed E-state index contributed by atoms with van der Waals surface area (Å²) in [5.41, 5.74) is 4.03. The molecule has 140 valence electrons. The van der Waals surface area contributed by atoms with E-state index in [0.717, 1.165) is 34.4 Å². The second-order valence-corrected chi connectivity index (χ2v) is 8.12. The lowest BCUT2D eigenvalue weighted by Gasteiger charge is -2.22. The van der Waals surface area contributed by atoms with Gasteiger partial charge in [-0.05, 0) is 47.0 Å². The van der Waals surface area contributed by atoms with Gasteiger partial charge in [0.05, 0.1) is 4.90 Å². The maximum atomic E-state index is 11.5. The van der Waals surface area contributed by atoms with E-state index in [1.165, 1.54) is 12.1 Å². The number of hydrogen-bond acceptors (Lipinski definition) is 3. The molecule has 4 nitrogen and oxygen atoms in total. The van der Waals surface area contributed by atoms with E-state index in [0.29, 0.717) is 5.76 Å². The zero-order valence-electron chi connectivity index (χ0n) is 15.1. The van der Waals surface area contributed by atoms with Crippen molar-refractivity contribution < 1.29 is 13.2 Å². The summed E-state index contributed by atoms with van der Waals surface area (Å²) in [7, 11) is -3.73. The predicted octanol–water partition coefficient (Wildman–Crippen LogP) is 4.39. The van der Waals surface area contributed by atoms with Crippen LogP contribution in [0.5, 0.6) is 5.75 Å². The highest BCUT2D eigenvalue weighted by atomic mass is 32.2. The van der Waals surface area contributed by atoms with E-state index in [1.54, 1.807) is 12.1 Å². The van der Waals surface area contributed by atoms with Crippen molar-refractivity contribution in [2.45, 2.75) is 11.3 Å². The van der Waals surface area contributed by atoms with Crippen LogP contribution in [0.4, 0.5) is 0 Å². The maximum Gasteiger partial charge on any atom is 0.238 e. The molecule has 0 atom stereocenters. The Bertz CT molecular complexity index is 1160. The quantitative estimate of drug-likeness (QED) is 0.719. The number of hydrogen-bond donors (Lipinski definition) is 1. The summed E-state index contributed by atoms with van der Waals surface area (Å²) in [4.78, 5) is 0.0782. The molecule has 4 rings (SSSR count). The lowest BCUT2D eigenvalue weighted by molar-refractivity contribution is 0.494. The zero-order valence-corrected chi connectivity index (χ0v) is 15.9. The number of benzene rings is 3. The standard InChI is InChI=1S/C23H19NO3S/c24-28(25,26)21-14-12-18(13-15-21)23-20(11-10-17-6-2-1-3-7-17)16-19-8-4-5-9-22(19)27-23/h1-15H,16H2,(H2,24,25,26). The van der Waals surface area contributed by atoms with Crippen LogP contribution < -0.4 is 9.88 Å². The van der Waals surface area contributed by atoms with Crippen molar-refractivity contribution in [2.75, 3.05) is 0 Å². The monoisotopic (exact) mass is 389 g/mol. The normalized spacial score (nSPS) is 14.0. The Balaban J connectivity index is 1.76. The minimum absolute atomic E-state index is 0.0782. The molecule has 0 unspecified atom stereocenters. The molecule has 0 spiro atoms. The maximum absolute atomic E-state index is 11.5. The van der Waals surface area contributed by atoms with Crippen molar-refractivity contribution in [3.8, 4) is 5.75 Å². The highest BCUT2D eigenvalue weighted by molar-refractivity contribution is 7.89. The summed E-state index contributed by atoms with van der Waals surface area (Å²) in [6, 6.07) is 24.4. The van der Waals surface area contributed by atoms with E-state index in [-0.39, 0.29) is 4.90 Å². The van der Waals surface area contributed by atoms with Crippen LogP contribution in [0.25, 0.3) is 11.8 Å². The number of ether oxygens (including phenoxy) is 1. The fourth-order valence-electron chi connectivity index (χ4n) is 3.15. The Morgan fingerprint density at radius 2 is 1.50 bits per heavy atom. The number of fused-ring (bicyclic) bond motifs is 1. The molecule has 0 fully saturated rings. The molecular weight excluding hydrogens is 370 g/mol. The van der Waals surface area contributed by atoms with Crippen LogP contribution in [0, 0.1) is 0 Å². The largest absolute Gasteiger partial charge is 0.456 e. The van der Waals surface area contributed by atoms with Crippen LogP contribution in [0.2, 0.25) is 0 Å². The zero-order chi connectivity index (χ0) is 19.6. The molecule has 0 saturated carbocycles. The Hall–Kier alpha value is -3.15. The molecule has 3 aromatic rings. The molecule has 0 aromatic heterocycles. The summed E-state index contributed by atoms with van der Waals surface area (Å²) < 4.78 is 29.3. The lowest BCUT2D eigenvalue weighted by atomic mass is 9.96. The Morgan fingerprint density at radius 3 is 2.21 bits per heavy atom. The van der Waals surface area contributed by atoms with Crippen molar-refractivity contribution in [3.63, 3.8) is 0 Å². The highest BCUT2D eigenvalue weighted by Gasteiger charge is 2.20. The number of rotatable bonds is 4. The number of para-hydroxylation sites is 1. The van der Waals surface area contributed by atoms with Gasteiger partial charge in [0.2, 0.25) is 10.0 Å². The van der Waals surface area contributed by atoms with E-state index < -0.39 is 10.0 Å². The van der Waals surface area contributed by atoms with Gasteiger partial charge in [-0.25, -0.2) is 13.6 Å². The lowest BCUT2D eigenvalue weighted by Crippen LogP contribution is -2.12. The van der Waals surface area contributed by atoms with Crippen LogP contribution in [-0.4, -0.2) is 8.42 Å². The molecule has 3 aromatic carbocycles. The van der Waals surface area contributed by atoms with Gasteiger partial charge in [0.25, 0.3) is 0 Å². The smallest absolute Gasteiger partial charge is 0.238 e. The van der Waals surface area contributed by atoms with Gasteiger partial charge in [0.1, 0.15) is 11.5 Å². The summed E-state index contributed by atoms with van der Waals surface area (Å²) >= 11 is 0. The molecule has 0 saturated heterocycles. The van der Waals surface area contributed by atoms with Crippen LogP contribution in [0.3, 0.4) is 0 Å². The van der Waals surface area contributed by atoms with Crippen LogP contribution in [-0.2, 0) is 16.4 Å². The topological polar surface area (TPSA) is 69.4 Å². The number of sulfonamides is 1. The van der Waals surface area contributed by atoms with Crippen LogP contribution in [0.15, 0.2) is 95.4 Å². The first kappa shape index (κ1) is 18.2. The third-order valence-corrected chi connectivity index (χ3v) is 5.51. The average Bonchev–Trinajstić information content (AvgIpc) is 2.72. The second kappa shape index (κ2) is 7.46. The van der Waals surface area contributed by atoms with Gasteiger partial charge in [-0.2, -0.15) is 0 Å². The Kier molecular flexibility index (Phi) is 4.86. The van der Waals surface area contributed by atoms with Crippen molar-refractivity contribution >= 4 is 21.9 Å². The fourth-order valence-corrected chi connectivity index (χ4v) is 3.66. The first-order valence-electron chi connectivity index (χ1n) is 8.86. The van der Waals surface area contributed by atoms with Gasteiger partial charge in [0, 0.05) is 12.0 Å². The van der Waals surface area contributed by atoms with Gasteiger partial charge >= 0.3 is 0 Å². The number of nitrogens with two attached hydrogens (primary N) is 1. The minimum atomic E-state index is -3.73. The summed E-state index contributed by atoms with van der Waals surface area (Å²) in [6.45, 7) is 0. The van der Waals surface area contributed by atoms with E-state index in [4.69, 9.17) is 9.88 Å². The summed E-state index contributed by atoms with van der Waals surface area (Å²) in [6.07, 6.45) is 4.82. The summed E-state index contributed by atoms with van der Waals surface area (Å²) in [5.74, 6) is 1.52. The van der Waals surface area contributed by atoms with E-state index >= 15 is 0 Å². The van der Waals surface area contributed by atoms with Gasteiger partial charge in [-0.3, -0.25) is 0 Å². The molecule has 0 radical (unpaired) electrons. The predicted molar refractivity (Wildman–Crippen MR) is 111 cm³/mol. The molecule has 0 amide bonds. The first-order chi connectivity index (χ1) is 13.5. The Morgan fingerprint density at radius 1 is 0.821 bits per heavy atom. The van der Waals surface area contributed by atoms with Gasteiger partial charge in [-0.15, -0.1) is 0 Å². The second-order valence-electron chi connectivity index (χ2n) is 6.55. The molecule has 1 aliphatic heterocycles. The molecule has 1 heterocycles. The molecule has 1 aliphatic rings. The Labute approximate surface area is 164 Å². The highest BCUT2D eigenvalue weighted by Crippen LogP contribution is 2.35. The van der Waals surface area contributed by atoms with Crippen molar-refractivity contribution in [3.05, 3.63) is 107 Å². The molecule has 0 aliphatic carbocycles. The summed E-state index contributed by atoms with van der Waals surface area (Å²) in [5, 5.41) is 5.21. The van der Waals surface area contributed by atoms with E-state index in [9.17, 15) is 8.42 Å². The SMILES string of the molecule is NS(=O)(=O)c1ccc(C2=C(C=Cc3ccccc3)Cc3ccccc3O2)cc1. The molecule has 5 heteroatoms. The van der Waals surface area contributed by atoms with Crippen LogP contribution in [0.1, 0.15) is 16.7 Å². The fraction of sp³-hybridized carbons (Fsp3) is 0.0435. The van der Waals surface area contributed by atoms with Gasteiger partial charge in [-0.1, -0.05) is 60.7 Å². The van der Waals surface area contributed by atoms with Crippen molar-refractivity contribution in [1.82, 2.24) is 0 Å². The van der Waals surface area contributed by atoms with Gasteiger partial charge in [0.15, 0.2) is 0 Å². The number of primary sulfonamides is 1. The number of allylic oxidation sites excluding steroid dienone is 2. The van der Waals surface area contributed by atoms with Gasteiger partial charge < -0.3 is 4.74 Å². The molecular formula is C23H19NO3S. The molecule has 2 N–H and O–H groups in total. The van der Waals surface area contributed by atoms with Crippen LogP contribution >= 0.6 is 0 Å². The van der Waals surface area contributed by atoms with E-state index in [2.05, 4.69) is 0 Å².